The molecule has 0 saturated heterocycles. The zero-order valence-electron chi connectivity index (χ0n) is 7.16. The molecule has 0 N–H and O–H groups in total. The fourth-order valence-corrected chi connectivity index (χ4v) is 1.82. The van der Waals surface area contributed by atoms with Crippen molar-refractivity contribution in [3.05, 3.63) is 18.2 Å². The third kappa shape index (κ3) is 2.72. The van der Waals surface area contributed by atoms with Gasteiger partial charge in [0.05, 0.1) is 5.88 Å². The minimum atomic E-state index is 0.504. The van der Waals surface area contributed by atoms with Crippen LogP contribution in [0.5, 0.6) is 0 Å². The van der Waals surface area contributed by atoms with Gasteiger partial charge >= 0.3 is 0 Å². The van der Waals surface area contributed by atoms with Crippen molar-refractivity contribution in [2.24, 2.45) is 0 Å². The number of nitrogens with zero attached hydrogens (tertiary/aromatic N) is 2. The summed E-state index contributed by atoms with van der Waals surface area (Å²) in [7, 11) is 0. The summed E-state index contributed by atoms with van der Waals surface area (Å²) in [5.74, 6) is 3.78. The van der Waals surface area contributed by atoms with Gasteiger partial charge in [0.1, 0.15) is 5.82 Å². The third-order valence-corrected chi connectivity index (χ3v) is 2.72. The van der Waals surface area contributed by atoms with Crippen molar-refractivity contribution in [3.63, 3.8) is 0 Å². The first-order valence-corrected chi connectivity index (χ1v) is 5.71. The highest BCUT2D eigenvalue weighted by Gasteiger charge is 1.99. The van der Waals surface area contributed by atoms with E-state index in [0.717, 1.165) is 18.1 Å². The van der Waals surface area contributed by atoms with E-state index in [9.17, 15) is 0 Å². The van der Waals surface area contributed by atoms with Crippen molar-refractivity contribution in [1.29, 1.82) is 0 Å². The number of imidazole rings is 1. The Hall–Kier alpha value is -0.150. The maximum atomic E-state index is 5.70. The Morgan fingerprint density at radius 1 is 1.67 bits per heavy atom. The first-order valence-electron chi connectivity index (χ1n) is 4.02. The molecular formula is C8H13ClN2S. The predicted molar refractivity (Wildman–Crippen MR) is 54.8 cm³/mol. The second-order valence-corrected chi connectivity index (χ2v) is 4.03. The summed E-state index contributed by atoms with van der Waals surface area (Å²) in [6.07, 6.45) is 3.78. The maximum absolute atomic E-state index is 5.70. The number of thioether (sulfide) groups is 1. The second-order valence-electron chi connectivity index (χ2n) is 2.37. The van der Waals surface area contributed by atoms with Crippen LogP contribution < -0.4 is 0 Å². The number of hydrogen-bond acceptors (Lipinski definition) is 2. The van der Waals surface area contributed by atoms with Gasteiger partial charge in [-0.25, -0.2) is 4.98 Å². The topological polar surface area (TPSA) is 17.8 Å². The molecule has 2 nitrogen and oxygen atoms in total. The van der Waals surface area contributed by atoms with Crippen LogP contribution in [0.1, 0.15) is 12.7 Å². The highest BCUT2D eigenvalue weighted by Crippen LogP contribution is 2.05. The van der Waals surface area contributed by atoms with Gasteiger partial charge in [-0.15, -0.1) is 11.6 Å². The van der Waals surface area contributed by atoms with Crippen LogP contribution in [0.4, 0.5) is 0 Å². The summed E-state index contributed by atoms with van der Waals surface area (Å²) < 4.78 is 2.11. The summed E-state index contributed by atoms with van der Waals surface area (Å²) in [5, 5.41) is 0. The van der Waals surface area contributed by atoms with E-state index in [4.69, 9.17) is 11.6 Å². The first kappa shape index (κ1) is 9.93. The number of rotatable bonds is 5. The van der Waals surface area contributed by atoms with Gasteiger partial charge in [0, 0.05) is 24.7 Å². The largest absolute Gasteiger partial charge is 0.333 e. The Morgan fingerprint density at radius 2 is 2.50 bits per heavy atom. The Morgan fingerprint density at radius 3 is 3.17 bits per heavy atom. The van der Waals surface area contributed by atoms with Crippen molar-refractivity contribution in [2.45, 2.75) is 19.3 Å². The summed E-state index contributed by atoms with van der Waals surface area (Å²) in [4.78, 5) is 4.14. The third-order valence-electron chi connectivity index (χ3n) is 1.60. The Labute approximate surface area is 82.3 Å². The minimum Gasteiger partial charge on any atom is -0.333 e. The van der Waals surface area contributed by atoms with Crippen LogP contribution in [0.3, 0.4) is 0 Å². The normalized spacial score (nSPS) is 10.5. The average molecular weight is 205 g/mol. The number of halogens is 1. The molecule has 1 aromatic heterocycles. The van der Waals surface area contributed by atoms with Crippen LogP contribution in [-0.2, 0) is 12.4 Å². The summed E-state index contributed by atoms with van der Waals surface area (Å²) >= 11 is 7.63. The van der Waals surface area contributed by atoms with Gasteiger partial charge in [-0.3, -0.25) is 0 Å². The Bertz CT molecular complexity index is 225. The monoisotopic (exact) mass is 204 g/mol. The minimum absolute atomic E-state index is 0.504. The van der Waals surface area contributed by atoms with Gasteiger partial charge in [0.15, 0.2) is 0 Å². The summed E-state index contributed by atoms with van der Waals surface area (Å²) in [5.41, 5.74) is 0. The smallest absolute Gasteiger partial charge is 0.123 e. The highest BCUT2D eigenvalue weighted by atomic mass is 35.5. The van der Waals surface area contributed by atoms with Crippen molar-refractivity contribution in [2.75, 3.05) is 11.5 Å². The maximum Gasteiger partial charge on any atom is 0.123 e. The molecule has 0 aromatic carbocycles. The number of alkyl halides is 1. The molecule has 1 aromatic rings. The van der Waals surface area contributed by atoms with Crippen molar-refractivity contribution in [3.8, 4) is 0 Å². The van der Waals surface area contributed by atoms with E-state index >= 15 is 0 Å². The predicted octanol–water partition coefficient (Wildman–Crippen LogP) is 2.38. The van der Waals surface area contributed by atoms with E-state index in [2.05, 4.69) is 16.5 Å². The van der Waals surface area contributed by atoms with Gasteiger partial charge in [0.25, 0.3) is 0 Å². The molecule has 0 unspecified atom stereocenters. The Kier molecular flexibility index (Phi) is 4.54. The number of aryl methyl sites for hydroxylation is 1. The molecule has 0 radical (unpaired) electrons. The molecule has 0 amide bonds. The quantitative estimate of drug-likeness (QED) is 0.542. The molecule has 0 fully saturated rings. The van der Waals surface area contributed by atoms with E-state index in [0.29, 0.717) is 5.88 Å². The van der Waals surface area contributed by atoms with E-state index in [-0.39, 0.29) is 0 Å². The highest BCUT2D eigenvalue weighted by molar-refractivity contribution is 7.99. The van der Waals surface area contributed by atoms with Crippen molar-refractivity contribution < 1.29 is 0 Å². The number of hydrogen-bond donors (Lipinski definition) is 0. The lowest BCUT2D eigenvalue weighted by atomic mass is 10.6. The Balaban J connectivity index is 2.39. The van der Waals surface area contributed by atoms with Crippen molar-refractivity contribution >= 4 is 23.4 Å². The molecule has 0 atom stereocenters. The lowest BCUT2D eigenvalue weighted by molar-refractivity contribution is 0.732. The molecule has 1 heterocycles. The van der Waals surface area contributed by atoms with Gasteiger partial charge in [-0.05, 0) is 5.75 Å². The molecule has 12 heavy (non-hydrogen) atoms. The van der Waals surface area contributed by atoms with Gasteiger partial charge < -0.3 is 4.57 Å². The van der Waals surface area contributed by atoms with Crippen LogP contribution in [0.2, 0.25) is 0 Å². The molecule has 4 heteroatoms. The number of aromatic nitrogens is 2. The molecule has 0 aliphatic carbocycles. The molecule has 0 bridgehead atoms. The van der Waals surface area contributed by atoms with E-state index in [1.165, 1.54) is 5.75 Å². The molecule has 1 rings (SSSR count). The van der Waals surface area contributed by atoms with Crippen LogP contribution in [0, 0.1) is 0 Å². The SMILES string of the molecule is CCSCCn1ccnc1CCl. The van der Waals surface area contributed by atoms with Crippen LogP contribution >= 0.6 is 23.4 Å². The lowest BCUT2D eigenvalue weighted by Gasteiger charge is -2.03. The van der Waals surface area contributed by atoms with Gasteiger partial charge in [0.2, 0.25) is 0 Å². The molecule has 0 saturated carbocycles. The summed E-state index contributed by atoms with van der Waals surface area (Å²) in [6.45, 7) is 3.18. The van der Waals surface area contributed by atoms with Gasteiger partial charge in [-0.2, -0.15) is 11.8 Å². The van der Waals surface area contributed by atoms with E-state index in [1.807, 2.05) is 18.0 Å². The molecule has 0 aliphatic rings. The van der Waals surface area contributed by atoms with Crippen LogP contribution in [0.25, 0.3) is 0 Å². The van der Waals surface area contributed by atoms with Crippen molar-refractivity contribution in [1.82, 2.24) is 9.55 Å². The lowest BCUT2D eigenvalue weighted by Crippen LogP contribution is -2.03. The van der Waals surface area contributed by atoms with Gasteiger partial charge in [-0.1, -0.05) is 6.92 Å². The standard InChI is InChI=1S/C8H13ClN2S/c1-2-12-6-5-11-4-3-10-8(11)7-9/h3-4H,2,5-7H2,1H3. The van der Waals surface area contributed by atoms with E-state index in [1.54, 1.807) is 6.20 Å². The zero-order chi connectivity index (χ0) is 8.81. The zero-order valence-corrected chi connectivity index (χ0v) is 8.74. The first-order chi connectivity index (χ1) is 5.88. The average Bonchev–Trinajstić information content (AvgIpc) is 2.52. The molecular weight excluding hydrogens is 192 g/mol. The van der Waals surface area contributed by atoms with Crippen LogP contribution in [0.15, 0.2) is 12.4 Å². The summed E-state index contributed by atoms with van der Waals surface area (Å²) in [6, 6.07) is 0. The fraction of sp³-hybridized carbons (Fsp3) is 0.625. The van der Waals surface area contributed by atoms with Crippen LogP contribution in [-0.4, -0.2) is 21.1 Å². The second kappa shape index (κ2) is 5.49. The molecule has 0 spiro atoms. The molecule has 0 aliphatic heterocycles. The fourth-order valence-electron chi connectivity index (χ4n) is 0.982. The van der Waals surface area contributed by atoms with E-state index < -0.39 is 0 Å². The molecule has 68 valence electrons.